The summed E-state index contributed by atoms with van der Waals surface area (Å²) in [6.07, 6.45) is 4.49. The zero-order valence-electron chi connectivity index (χ0n) is 20.7. The standard InChI is InChI=1S/C27H28N8O2/c1-18(36)34-16-23-13-22(34)17-35(23)25-4-3-21(12-20(25)14-28)31-27-29-7-6-24(32-27)19-2-5-26(30-15-19)33-8-10-37-11-9-33/h2-7,12,15,22-23H,8-11,13,16-17H2,1H3,(H,29,31,32)/t22-,23-/m0/s1. The minimum Gasteiger partial charge on any atom is -0.378 e. The molecule has 2 aromatic heterocycles. The van der Waals surface area contributed by atoms with Crippen LogP contribution in [0.25, 0.3) is 11.3 Å². The molecule has 3 aliphatic rings. The number of carbonyl (C=O) groups excluding carboxylic acids is 1. The summed E-state index contributed by atoms with van der Waals surface area (Å²) >= 11 is 0. The summed E-state index contributed by atoms with van der Waals surface area (Å²) in [4.78, 5) is 31.9. The van der Waals surface area contributed by atoms with Crippen LogP contribution in [0.2, 0.25) is 0 Å². The van der Waals surface area contributed by atoms with Crippen molar-refractivity contribution in [1.29, 1.82) is 5.26 Å². The van der Waals surface area contributed by atoms with E-state index in [1.165, 1.54) is 0 Å². The van der Waals surface area contributed by atoms with E-state index in [-0.39, 0.29) is 18.0 Å². The van der Waals surface area contributed by atoms with E-state index < -0.39 is 0 Å². The van der Waals surface area contributed by atoms with Gasteiger partial charge in [-0.1, -0.05) is 0 Å². The highest BCUT2D eigenvalue weighted by atomic mass is 16.5. The number of carbonyl (C=O) groups is 1. The molecule has 2 bridgehead atoms. The van der Waals surface area contributed by atoms with Gasteiger partial charge in [-0.05, 0) is 42.8 Å². The summed E-state index contributed by atoms with van der Waals surface area (Å²) < 4.78 is 5.42. The highest BCUT2D eigenvalue weighted by Crippen LogP contribution is 2.37. The minimum absolute atomic E-state index is 0.123. The van der Waals surface area contributed by atoms with E-state index in [0.717, 1.165) is 67.7 Å². The van der Waals surface area contributed by atoms with Crippen molar-refractivity contribution in [2.75, 3.05) is 54.5 Å². The predicted molar refractivity (Wildman–Crippen MR) is 140 cm³/mol. The fraction of sp³-hybridized carbons (Fsp3) is 0.370. The number of anilines is 4. The highest BCUT2D eigenvalue weighted by molar-refractivity contribution is 5.76. The molecule has 1 N–H and O–H groups in total. The molecule has 10 heteroatoms. The van der Waals surface area contributed by atoms with E-state index in [1.54, 1.807) is 13.1 Å². The Morgan fingerprint density at radius 3 is 2.68 bits per heavy atom. The highest BCUT2D eigenvalue weighted by Gasteiger charge is 2.44. The maximum Gasteiger partial charge on any atom is 0.227 e. The van der Waals surface area contributed by atoms with Crippen molar-refractivity contribution >= 4 is 29.0 Å². The van der Waals surface area contributed by atoms with Gasteiger partial charge in [0.15, 0.2) is 0 Å². The Balaban J connectivity index is 1.17. The molecule has 5 heterocycles. The lowest BCUT2D eigenvalue weighted by Crippen LogP contribution is -2.48. The summed E-state index contributed by atoms with van der Waals surface area (Å²) in [6.45, 7) is 6.22. The number of ether oxygens (including phenoxy) is 1. The molecule has 3 aromatic rings. The number of morpholine rings is 1. The summed E-state index contributed by atoms with van der Waals surface area (Å²) in [5, 5.41) is 13.1. The Kier molecular flexibility index (Phi) is 6.06. The van der Waals surface area contributed by atoms with E-state index >= 15 is 0 Å². The van der Waals surface area contributed by atoms with Crippen molar-refractivity contribution < 1.29 is 9.53 Å². The molecule has 0 radical (unpaired) electrons. The largest absolute Gasteiger partial charge is 0.378 e. The van der Waals surface area contributed by atoms with Gasteiger partial charge in [0.05, 0.1) is 36.2 Å². The number of nitrogens with zero attached hydrogens (tertiary/aromatic N) is 7. The Bertz CT molecular complexity index is 1350. The number of nitriles is 1. The molecular weight excluding hydrogens is 468 g/mol. The van der Waals surface area contributed by atoms with Gasteiger partial charge in [0.1, 0.15) is 11.9 Å². The number of likely N-dealkylation sites (tertiary alicyclic amines) is 1. The number of pyridine rings is 1. The second-order valence-corrected chi connectivity index (χ2v) is 9.61. The first-order chi connectivity index (χ1) is 18.1. The van der Waals surface area contributed by atoms with Gasteiger partial charge in [-0.15, -0.1) is 0 Å². The minimum atomic E-state index is 0.123. The maximum atomic E-state index is 11.8. The second-order valence-electron chi connectivity index (χ2n) is 9.61. The topological polar surface area (TPSA) is 111 Å². The first-order valence-corrected chi connectivity index (χ1v) is 12.6. The number of nitrogens with one attached hydrogen (secondary N) is 1. The molecule has 0 aliphatic carbocycles. The van der Waals surface area contributed by atoms with Gasteiger partial charge in [-0.2, -0.15) is 5.26 Å². The van der Waals surface area contributed by atoms with Crippen molar-refractivity contribution in [3.8, 4) is 17.3 Å². The van der Waals surface area contributed by atoms with Gasteiger partial charge in [-0.25, -0.2) is 15.0 Å². The number of rotatable bonds is 5. The molecule has 37 heavy (non-hydrogen) atoms. The van der Waals surface area contributed by atoms with Gasteiger partial charge in [0.2, 0.25) is 11.9 Å². The lowest BCUT2D eigenvalue weighted by atomic mass is 10.1. The molecule has 0 spiro atoms. The molecule has 6 rings (SSSR count). The first-order valence-electron chi connectivity index (χ1n) is 12.6. The van der Waals surface area contributed by atoms with Crippen LogP contribution in [0.3, 0.4) is 0 Å². The Labute approximate surface area is 215 Å². The van der Waals surface area contributed by atoms with Crippen molar-refractivity contribution in [3.63, 3.8) is 0 Å². The molecule has 3 aliphatic heterocycles. The Morgan fingerprint density at radius 2 is 1.97 bits per heavy atom. The second kappa shape index (κ2) is 9.67. The van der Waals surface area contributed by atoms with Crippen LogP contribution in [0, 0.1) is 11.3 Å². The van der Waals surface area contributed by atoms with Gasteiger partial charge in [-0.3, -0.25) is 4.79 Å². The Hall–Kier alpha value is -4.23. The SMILES string of the molecule is CC(=O)N1C[C@@H]2C[C@H]1CN2c1ccc(Nc2nccc(-c3ccc(N4CCOCC4)nc3)n2)cc1C#N. The smallest absolute Gasteiger partial charge is 0.227 e. The van der Waals surface area contributed by atoms with Gasteiger partial charge in [0.25, 0.3) is 0 Å². The van der Waals surface area contributed by atoms with E-state index in [4.69, 9.17) is 4.74 Å². The number of amides is 1. The van der Waals surface area contributed by atoms with Crippen LogP contribution < -0.4 is 15.1 Å². The maximum absolute atomic E-state index is 11.8. The quantitative estimate of drug-likeness (QED) is 0.570. The molecule has 1 aromatic carbocycles. The van der Waals surface area contributed by atoms with Crippen LogP contribution >= 0.6 is 0 Å². The zero-order valence-corrected chi connectivity index (χ0v) is 20.7. The molecule has 1 amide bonds. The van der Waals surface area contributed by atoms with E-state index in [2.05, 4.69) is 36.1 Å². The van der Waals surface area contributed by atoms with Crippen LogP contribution in [0.15, 0.2) is 48.8 Å². The molecule has 0 saturated carbocycles. The van der Waals surface area contributed by atoms with Crippen LogP contribution in [-0.4, -0.2) is 77.2 Å². The number of hydrogen-bond acceptors (Lipinski definition) is 9. The monoisotopic (exact) mass is 496 g/mol. The fourth-order valence-corrected chi connectivity index (χ4v) is 5.53. The van der Waals surface area contributed by atoms with Crippen LogP contribution in [0.4, 0.5) is 23.1 Å². The number of piperazine rings is 1. The van der Waals surface area contributed by atoms with Gasteiger partial charge < -0.3 is 24.8 Å². The van der Waals surface area contributed by atoms with Crippen LogP contribution in [-0.2, 0) is 9.53 Å². The third-order valence-electron chi connectivity index (χ3n) is 7.36. The first kappa shape index (κ1) is 23.2. The summed E-state index contributed by atoms with van der Waals surface area (Å²) in [5.41, 5.74) is 3.90. The van der Waals surface area contributed by atoms with E-state index in [0.29, 0.717) is 18.1 Å². The number of fused-ring (bicyclic) bond motifs is 2. The van der Waals surface area contributed by atoms with Gasteiger partial charge in [0, 0.05) is 62.8 Å². The molecule has 3 saturated heterocycles. The molecule has 188 valence electrons. The van der Waals surface area contributed by atoms with Crippen LogP contribution in [0.5, 0.6) is 0 Å². The number of hydrogen-bond donors (Lipinski definition) is 1. The lowest BCUT2D eigenvalue weighted by molar-refractivity contribution is -0.129. The average molecular weight is 497 g/mol. The van der Waals surface area contributed by atoms with Crippen molar-refractivity contribution in [2.45, 2.75) is 25.4 Å². The average Bonchev–Trinajstić information content (AvgIpc) is 3.55. The van der Waals surface area contributed by atoms with E-state index in [9.17, 15) is 10.1 Å². The number of aromatic nitrogens is 3. The fourth-order valence-electron chi connectivity index (χ4n) is 5.53. The molecule has 10 nitrogen and oxygen atoms in total. The predicted octanol–water partition coefficient (Wildman–Crippen LogP) is 2.80. The zero-order chi connectivity index (χ0) is 25.4. The Morgan fingerprint density at radius 1 is 1.11 bits per heavy atom. The van der Waals surface area contributed by atoms with Crippen LogP contribution in [0.1, 0.15) is 18.9 Å². The molecular formula is C27H28N8O2. The third-order valence-corrected chi connectivity index (χ3v) is 7.36. The lowest BCUT2D eigenvalue weighted by Gasteiger charge is -2.35. The van der Waals surface area contributed by atoms with Crippen molar-refractivity contribution in [3.05, 3.63) is 54.4 Å². The van der Waals surface area contributed by atoms with E-state index in [1.807, 2.05) is 47.5 Å². The van der Waals surface area contributed by atoms with Crippen molar-refractivity contribution in [1.82, 2.24) is 19.9 Å². The summed E-state index contributed by atoms with van der Waals surface area (Å²) in [5.74, 6) is 1.51. The summed E-state index contributed by atoms with van der Waals surface area (Å²) in [6, 6.07) is 14.4. The molecule has 3 fully saturated rings. The number of benzene rings is 1. The van der Waals surface area contributed by atoms with Gasteiger partial charge >= 0.3 is 0 Å². The van der Waals surface area contributed by atoms with Crippen molar-refractivity contribution in [2.24, 2.45) is 0 Å². The molecule has 0 unspecified atom stereocenters. The third kappa shape index (κ3) is 4.54. The molecule has 2 atom stereocenters. The summed E-state index contributed by atoms with van der Waals surface area (Å²) in [7, 11) is 0. The normalized spacial score (nSPS) is 20.7.